The number of anilines is 1. The van der Waals surface area contributed by atoms with Crippen LogP contribution in [0.3, 0.4) is 0 Å². The quantitative estimate of drug-likeness (QED) is 0.723. The summed E-state index contributed by atoms with van der Waals surface area (Å²) in [4.78, 5) is 10.5. The smallest absolute Gasteiger partial charge is 0.225 e. The maximum absolute atomic E-state index is 5.03. The Hall–Kier alpha value is -0.680. The highest BCUT2D eigenvalue weighted by atomic mass is 79.9. The molecule has 0 radical (unpaired) electrons. The summed E-state index contributed by atoms with van der Waals surface area (Å²) in [6, 6.07) is 1.81. The largest absolute Gasteiger partial charge is 0.383 e. The van der Waals surface area contributed by atoms with Crippen molar-refractivity contribution < 1.29 is 4.74 Å². The third-order valence-electron chi connectivity index (χ3n) is 1.75. The summed E-state index contributed by atoms with van der Waals surface area (Å²) in [7, 11) is 1.69. The van der Waals surface area contributed by atoms with E-state index >= 15 is 0 Å². The Kier molecular flexibility index (Phi) is 5.47. The van der Waals surface area contributed by atoms with Crippen LogP contribution < -0.4 is 4.90 Å². The van der Waals surface area contributed by atoms with Crippen LogP contribution in [0.5, 0.6) is 0 Å². The number of alkyl halides is 1. The van der Waals surface area contributed by atoms with E-state index in [0.717, 1.165) is 24.4 Å². The summed E-state index contributed by atoms with van der Waals surface area (Å²) in [5.74, 6) is 0.754. The highest BCUT2D eigenvalue weighted by molar-refractivity contribution is 9.09. The Morgan fingerprint density at radius 1 is 1.36 bits per heavy atom. The molecule has 0 fully saturated rings. The highest BCUT2D eigenvalue weighted by Crippen LogP contribution is 2.04. The Morgan fingerprint density at radius 2 is 2.07 bits per heavy atom. The third kappa shape index (κ3) is 3.59. The average molecular weight is 260 g/mol. The van der Waals surface area contributed by atoms with Gasteiger partial charge in [-0.3, -0.25) is 0 Å². The molecule has 0 spiro atoms. The first-order valence-electron chi connectivity index (χ1n) is 4.45. The van der Waals surface area contributed by atoms with E-state index in [4.69, 9.17) is 4.74 Å². The first kappa shape index (κ1) is 11.4. The van der Waals surface area contributed by atoms with Crippen LogP contribution in [-0.2, 0) is 4.74 Å². The average Bonchev–Trinajstić information content (AvgIpc) is 2.25. The lowest BCUT2D eigenvalue weighted by Gasteiger charge is -2.20. The second kappa shape index (κ2) is 6.73. The predicted octanol–water partition coefficient (Wildman–Crippen LogP) is 1.32. The topological polar surface area (TPSA) is 38.2 Å². The van der Waals surface area contributed by atoms with Crippen molar-refractivity contribution in [1.29, 1.82) is 0 Å². The molecule has 0 atom stereocenters. The van der Waals surface area contributed by atoms with Crippen LogP contribution in [0.1, 0.15) is 0 Å². The second-order valence-corrected chi connectivity index (χ2v) is 3.51. The van der Waals surface area contributed by atoms with Gasteiger partial charge in [0.25, 0.3) is 0 Å². The molecule has 0 aliphatic carbocycles. The molecule has 1 heterocycles. The van der Waals surface area contributed by atoms with E-state index in [0.29, 0.717) is 6.61 Å². The fraction of sp³-hybridized carbons (Fsp3) is 0.556. The minimum Gasteiger partial charge on any atom is -0.383 e. The maximum atomic E-state index is 5.03. The van der Waals surface area contributed by atoms with Gasteiger partial charge in [-0.15, -0.1) is 0 Å². The van der Waals surface area contributed by atoms with Gasteiger partial charge in [0, 0.05) is 37.9 Å². The summed E-state index contributed by atoms with van der Waals surface area (Å²) in [6.45, 7) is 2.38. The van der Waals surface area contributed by atoms with Gasteiger partial charge in [-0.2, -0.15) is 0 Å². The van der Waals surface area contributed by atoms with Crippen molar-refractivity contribution in [1.82, 2.24) is 9.97 Å². The van der Waals surface area contributed by atoms with E-state index in [9.17, 15) is 0 Å². The molecule has 1 aromatic rings. The highest BCUT2D eigenvalue weighted by Gasteiger charge is 2.06. The SMILES string of the molecule is COCCN(CCBr)c1ncccn1. The van der Waals surface area contributed by atoms with Gasteiger partial charge >= 0.3 is 0 Å². The molecule has 0 saturated carbocycles. The Bertz CT molecular complexity index is 245. The van der Waals surface area contributed by atoms with E-state index in [1.807, 2.05) is 6.07 Å². The second-order valence-electron chi connectivity index (χ2n) is 2.72. The van der Waals surface area contributed by atoms with Gasteiger partial charge in [0.15, 0.2) is 0 Å². The zero-order valence-electron chi connectivity index (χ0n) is 8.19. The van der Waals surface area contributed by atoms with E-state index in [1.54, 1.807) is 19.5 Å². The zero-order valence-corrected chi connectivity index (χ0v) is 9.77. The molecule has 0 unspecified atom stereocenters. The number of hydrogen-bond acceptors (Lipinski definition) is 4. The summed E-state index contributed by atoms with van der Waals surface area (Å²) < 4.78 is 5.03. The van der Waals surface area contributed by atoms with Crippen LogP contribution >= 0.6 is 15.9 Å². The molecule has 1 rings (SSSR count). The molecular weight excluding hydrogens is 246 g/mol. The van der Waals surface area contributed by atoms with Gasteiger partial charge in [0.2, 0.25) is 5.95 Å². The van der Waals surface area contributed by atoms with E-state index < -0.39 is 0 Å². The number of rotatable bonds is 6. The summed E-state index contributed by atoms with van der Waals surface area (Å²) >= 11 is 3.40. The van der Waals surface area contributed by atoms with Crippen molar-refractivity contribution >= 4 is 21.9 Å². The molecule has 0 aliphatic rings. The Labute approximate surface area is 92.4 Å². The fourth-order valence-corrected chi connectivity index (χ4v) is 1.50. The predicted molar refractivity (Wildman–Crippen MR) is 59.9 cm³/mol. The van der Waals surface area contributed by atoms with Crippen LogP contribution in [-0.4, -0.2) is 42.1 Å². The van der Waals surface area contributed by atoms with Crippen molar-refractivity contribution in [2.75, 3.05) is 37.0 Å². The number of methoxy groups -OCH3 is 1. The van der Waals surface area contributed by atoms with Gasteiger partial charge in [-0.25, -0.2) is 9.97 Å². The van der Waals surface area contributed by atoms with Crippen LogP contribution in [0, 0.1) is 0 Å². The van der Waals surface area contributed by atoms with E-state index in [1.165, 1.54) is 0 Å². The van der Waals surface area contributed by atoms with Crippen molar-refractivity contribution in [2.45, 2.75) is 0 Å². The monoisotopic (exact) mass is 259 g/mol. The summed E-state index contributed by atoms with van der Waals surface area (Å²) in [6.07, 6.45) is 3.49. The number of nitrogens with zero attached hydrogens (tertiary/aromatic N) is 3. The minimum absolute atomic E-state index is 0.686. The van der Waals surface area contributed by atoms with Gasteiger partial charge in [-0.05, 0) is 6.07 Å². The lowest BCUT2D eigenvalue weighted by Crippen LogP contribution is -2.30. The summed E-state index contributed by atoms with van der Waals surface area (Å²) in [5.41, 5.74) is 0. The molecule has 4 nitrogen and oxygen atoms in total. The molecule has 5 heteroatoms. The summed E-state index contributed by atoms with van der Waals surface area (Å²) in [5, 5.41) is 0.898. The zero-order chi connectivity index (χ0) is 10.2. The fourth-order valence-electron chi connectivity index (χ4n) is 1.07. The van der Waals surface area contributed by atoms with Crippen molar-refractivity contribution in [3.8, 4) is 0 Å². The third-order valence-corrected chi connectivity index (χ3v) is 2.11. The first-order valence-corrected chi connectivity index (χ1v) is 5.57. The Morgan fingerprint density at radius 3 is 2.64 bits per heavy atom. The van der Waals surface area contributed by atoms with Gasteiger partial charge in [0.1, 0.15) is 0 Å². The van der Waals surface area contributed by atoms with Crippen molar-refractivity contribution in [3.05, 3.63) is 18.5 Å². The van der Waals surface area contributed by atoms with Gasteiger partial charge in [-0.1, -0.05) is 15.9 Å². The maximum Gasteiger partial charge on any atom is 0.225 e. The number of ether oxygens (including phenoxy) is 1. The van der Waals surface area contributed by atoms with Gasteiger partial charge < -0.3 is 9.64 Å². The lowest BCUT2D eigenvalue weighted by atomic mass is 10.5. The van der Waals surface area contributed by atoms with Crippen molar-refractivity contribution in [2.24, 2.45) is 0 Å². The first-order chi connectivity index (χ1) is 6.88. The van der Waals surface area contributed by atoms with Crippen LogP contribution in [0.2, 0.25) is 0 Å². The van der Waals surface area contributed by atoms with Crippen LogP contribution in [0.15, 0.2) is 18.5 Å². The number of aromatic nitrogens is 2. The molecule has 78 valence electrons. The van der Waals surface area contributed by atoms with Crippen LogP contribution in [0.4, 0.5) is 5.95 Å². The number of hydrogen-bond donors (Lipinski definition) is 0. The minimum atomic E-state index is 0.686. The molecule has 14 heavy (non-hydrogen) atoms. The standard InChI is InChI=1S/C9H14BrN3O/c1-14-8-7-13(6-3-10)9-11-4-2-5-12-9/h2,4-5H,3,6-8H2,1H3. The van der Waals surface area contributed by atoms with E-state index in [-0.39, 0.29) is 0 Å². The molecule has 0 bridgehead atoms. The van der Waals surface area contributed by atoms with E-state index in [2.05, 4.69) is 30.8 Å². The molecule has 0 amide bonds. The molecule has 0 N–H and O–H groups in total. The molecule has 0 saturated heterocycles. The molecule has 0 aliphatic heterocycles. The molecule has 0 aromatic carbocycles. The molecular formula is C9H14BrN3O. The Balaban J connectivity index is 2.58. The normalized spacial score (nSPS) is 10.1. The molecule has 1 aromatic heterocycles. The lowest BCUT2D eigenvalue weighted by molar-refractivity contribution is 0.205. The van der Waals surface area contributed by atoms with Crippen molar-refractivity contribution in [3.63, 3.8) is 0 Å². The number of halogens is 1. The van der Waals surface area contributed by atoms with Gasteiger partial charge in [0.05, 0.1) is 6.61 Å². The van der Waals surface area contributed by atoms with Crippen LogP contribution in [0.25, 0.3) is 0 Å².